The Morgan fingerprint density at radius 3 is 2.81 bits per heavy atom. The number of anilines is 1. The van der Waals surface area contributed by atoms with Crippen molar-refractivity contribution >= 4 is 19.3 Å². The highest BCUT2D eigenvalue weighted by Crippen LogP contribution is 2.26. The molecule has 1 fully saturated rings. The summed E-state index contributed by atoms with van der Waals surface area (Å²) in [6.45, 7) is 1.92. The number of rotatable bonds is 3. The van der Waals surface area contributed by atoms with Gasteiger partial charge in [-0.25, -0.2) is 0 Å². The molecule has 1 aromatic rings. The van der Waals surface area contributed by atoms with Gasteiger partial charge < -0.3 is 15.3 Å². The molecule has 16 heavy (non-hydrogen) atoms. The maximum absolute atomic E-state index is 10.4. The fourth-order valence-corrected chi connectivity index (χ4v) is 2.27. The van der Waals surface area contributed by atoms with E-state index in [0.29, 0.717) is 5.92 Å². The normalized spacial score (nSPS) is 21.6. The third-order valence-electron chi connectivity index (χ3n) is 3.13. The summed E-state index contributed by atoms with van der Waals surface area (Å²) in [7, 11) is 1.64. The molecule has 0 aromatic heterocycles. The lowest BCUT2D eigenvalue weighted by Crippen LogP contribution is -2.37. The second kappa shape index (κ2) is 5.17. The zero-order chi connectivity index (χ0) is 11.4. The molecule has 1 radical (unpaired) electrons. The van der Waals surface area contributed by atoms with Crippen LogP contribution in [-0.2, 0) is 4.79 Å². The van der Waals surface area contributed by atoms with Crippen molar-refractivity contribution in [3.63, 3.8) is 0 Å². The first-order chi connectivity index (χ1) is 7.79. The lowest BCUT2D eigenvalue weighted by molar-refractivity contribution is 0.327. The van der Waals surface area contributed by atoms with E-state index in [9.17, 15) is 4.79 Å². The molecule has 3 nitrogen and oxygen atoms in total. The van der Waals surface area contributed by atoms with Crippen LogP contribution in [0.15, 0.2) is 24.3 Å². The number of benzene rings is 1. The average Bonchev–Trinajstić information content (AvgIpc) is 2.31. The van der Waals surface area contributed by atoms with E-state index < -0.39 is 0 Å². The highest BCUT2D eigenvalue weighted by Gasteiger charge is 2.21. The molecule has 1 aliphatic rings. The molecule has 0 bridgehead atoms. The summed E-state index contributed by atoms with van der Waals surface area (Å²) in [6.07, 6.45) is 3.19. The first kappa shape index (κ1) is 11.2. The van der Waals surface area contributed by atoms with Gasteiger partial charge in [0.2, 0.25) is 0 Å². The minimum Gasteiger partial charge on any atom is -0.399 e. The minimum absolute atomic E-state index is 0.519. The SMILES string of the molecule is Nc1ccc(C2CCCN([B]C=O)C2)cc1. The summed E-state index contributed by atoms with van der Waals surface area (Å²) >= 11 is 0. The maximum atomic E-state index is 10.4. The van der Waals surface area contributed by atoms with Crippen molar-refractivity contribution in [1.82, 2.24) is 4.81 Å². The zero-order valence-corrected chi connectivity index (χ0v) is 9.30. The highest BCUT2D eigenvalue weighted by atomic mass is 16.1. The van der Waals surface area contributed by atoms with Crippen LogP contribution in [0.5, 0.6) is 0 Å². The summed E-state index contributed by atoms with van der Waals surface area (Å²) in [4.78, 5) is 12.5. The highest BCUT2D eigenvalue weighted by molar-refractivity contribution is 6.64. The number of nitrogens with zero attached hydrogens (tertiary/aromatic N) is 1. The summed E-state index contributed by atoms with van der Waals surface area (Å²) in [5, 5.41) is 0. The molecule has 1 aliphatic heterocycles. The summed E-state index contributed by atoms with van der Waals surface area (Å²) in [5.41, 5.74) is 7.79. The van der Waals surface area contributed by atoms with Crippen LogP contribution >= 0.6 is 0 Å². The van der Waals surface area contributed by atoms with E-state index in [1.54, 1.807) is 7.41 Å². The van der Waals surface area contributed by atoms with Gasteiger partial charge in [0.05, 0.1) is 6.19 Å². The van der Waals surface area contributed by atoms with Crippen molar-refractivity contribution in [3.05, 3.63) is 29.8 Å². The van der Waals surface area contributed by atoms with Gasteiger partial charge >= 0.3 is 0 Å². The molecule has 1 unspecified atom stereocenters. The summed E-state index contributed by atoms with van der Waals surface area (Å²) in [5.74, 6) is 0.519. The number of hydrogen-bond acceptors (Lipinski definition) is 3. The maximum Gasteiger partial charge on any atom is 0.293 e. The van der Waals surface area contributed by atoms with Crippen molar-refractivity contribution in [3.8, 4) is 0 Å². The first-order valence-corrected chi connectivity index (χ1v) is 5.67. The lowest BCUT2D eigenvalue weighted by Gasteiger charge is -2.31. The number of carbonyl (C=O) groups is 1. The molecule has 4 heteroatoms. The number of hydrogen-bond donors (Lipinski definition) is 1. The molecule has 2 rings (SSSR count). The molecule has 0 saturated carbocycles. The molecule has 0 amide bonds. The van der Waals surface area contributed by atoms with Crippen LogP contribution in [0.25, 0.3) is 0 Å². The largest absolute Gasteiger partial charge is 0.399 e. The van der Waals surface area contributed by atoms with Gasteiger partial charge in [0, 0.05) is 5.69 Å². The van der Waals surface area contributed by atoms with E-state index in [1.165, 1.54) is 12.0 Å². The Hall–Kier alpha value is -1.29. The number of carbonyl (C=O) groups excluding carboxylic acids is 1. The minimum atomic E-state index is 0.519. The zero-order valence-electron chi connectivity index (χ0n) is 9.30. The van der Waals surface area contributed by atoms with Crippen molar-refractivity contribution in [1.29, 1.82) is 0 Å². The van der Waals surface area contributed by atoms with Crippen molar-refractivity contribution < 1.29 is 4.79 Å². The van der Waals surface area contributed by atoms with Crippen LogP contribution in [-0.4, -0.2) is 31.5 Å². The molecule has 2 N–H and O–H groups in total. The molecule has 83 valence electrons. The first-order valence-electron chi connectivity index (χ1n) is 5.67. The van der Waals surface area contributed by atoms with Crippen LogP contribution in [0.3, 0.4) is 0 Å². The predicted octanol–water partition coefficient (Wildman–Crippen LogP) is 1.26. The average molecular weight is 215 g/mol. The standard InChI is InChI=1S/C12H16BN2O/c14-12-5-3-10(4-6-12)11-2-1-7-15(8-11)13-9-16/h3-6,9,11H,1-2,7-8,14H2. The second-order valence-electron chi connectivity index (χ2n) is 4.29. The summed E-state index contributed by atoms with van der Waals surface area (Å²) < 4.78 is 0. The Kier molecular flexibility index (Phi) is 3.62. The van der Waals surface area contributed by atoms with Crippen molar-refractivity contribution in [2.45, 2.75) is 18.8 Å². The van der Waals surface area contributed by atoms with E-state index in [4.69, 9.17) is 5.73 Å². The van der Waals surface area contributed by atoms with E-state index in [-0.39, 0.29) is 0 Å². The van der Waals surface area contributed by atoms with Gasteiger partial charge in [-0.05, 0) is 49.5 Å². The Morgan fingerprint density at radius 1 is 1.38 bits per heavy atom. The van der Waals surface area contributed by atoms with Gasteiger partial charge in [0.25, 0.3) is 7.41 Å². The van der Waals surface area contributed by atoms with E-state index >= 15 is 0 Å². The van der Waals surface area contributed by atoms with Gasteiger partial charge in [0.1, 0.15) is 0 Å². The number of nitrogens with two attached hydrogens (primary N) is 1. The van der Waals surface area contributed by atoms with E-state index in [1.807, 2.05) is 12.1 Å². The quantitative estimate of drug-likeness (QED) is 0.469. The predicted molar refractivity (Wildman–Crippen MR) is 66.9 cm³/mol. The van der Waals surface area contributed by atoms with Crippen LogP contribution in [0.4, 0.5) is 5.69 Å². The van der Waals surface area contributed by atoms with Gasteiger partial charge in [-0.3, -0.25) is 0 Å². The fourth-order valence-electron chi connectivity index (χ4n) is 2.27. The van der Waals surface area contributed by atoms with Gasteiger partial charge in [-0.15, -0.1) is 0 Å². The Balaban J connectivity index is 2.03. The monoisotopic (exact) mass is 215 g/mol. The van der Waals surface area contributed by atoms with Crippen LogP contribution in [0.1, 0.15) is 24.3 Å². The van der Waals surface area contributed by atoms with E-state index in [0.717, 1.165) is 31.4 Å². The van der Waals surface area contributed by atoms with Crippen LogP contribution in [0.2, 0.25) is 0 Å². The van der Waals surface area contributed by atoms with Gasteiger partial charge in [-0.1, -0.05) is 12.1 Å². The molecular formula is C12H16BN2O. The van der Waals surface area contributed by atoms with Gasteiger partial charge in [0.15, 0.2) is 0 Å². The lowest BCUT2D eigenvalue weighted by atomic mass is 9.84. The number of piperidine rings is 1. The molecule has 1 heterocycles. The van der Waals surface area contributed by atoms with Crippen molar-refractivity contribution in [2.75, 3.05) is 18.8 Å². The second-order valence-corrected chi connectivity index (χ2v) is 4.29. The third kappa shape index (κ3) is 2.64. The molecular weight excluding hydrogens is 199 g/mol. The Morgan fingerprint density at radius 2 is 2.12 bits per heavy atom. The topological polar surface area (TPSA) is 46.3 Å². The molecule has 0 aliphatic carbocycles. The molecule has 1 atom stereocenters. The van der Waals surface area contributed by atoms with Crippen LogP contribution in [0, 0.1) is 0 Å². The van der Waals surface area contributed by atoms with Crippen LogP contribution < -0.4 is 5.73 Å². The van der Waals surface area contributed by atoms with Crippen molar-refractivity contribution in [2.24, 2.45) is 0 Å². The fraction of sp³-hybridized carbons (Fsp3) is 0.417. The number of nitrogen functional groups attached to an aromatic ring is 1. The molecule has 0 spiro atoms. The smallest absolute Gasteiger partial charge is 0.293 e. The Bertz CT molecular complexity index is 353. The third-order valence-corrected chi connectivity index (χ3v) is 3.13. The Labute approximate surface area is 96.9 Å². The van der Waals surface area contributed by atoms with Gasteiger partial charge in [-0.2, -0.15) is 0 Å². The summed E-state index contributed by atoms with van der Waals surface area (Å²) in [6, 6.07) is 8.06. The molecule has 1 aromatic carbocycles. The van der Waals surface area contributed by atoms with E-state index in [2.05, 4.69) is 16.9 Å². The molecule has 1 saturated heterocycles.